The predicted octanol–water partition coefficient (Wildman–Crippen LogP) is 3.88. The maximum atomic E-state index is 11.8. The normalized spacial score (nSPS) is 13.9. The van der Waals surface area contributed by atoms with Gasteiger partial charge in [-0.05, 0) is 63.3 Å². The number of nitrogens with one attached hydrogen (secondary N) is 2. The van der Waals surface area contributed by atoms with E-state index in [-0.39, 0.29) is 12.0 Å². The van der Waals surface area contributed by atoms with Crippen LogP contribution in [0.4, 0.5) is 10.5 Å². The van der Waals surface area contributed by atoms with Crippen LogP contribution in [-0.4, -0.2) is 25.2 Å². The van der Waals surface area contributed by atoms with Crippen LogP contribution in [0.3, 0.4) is 0 Å². The number of esters is 1. The lowest BCUT2D eigenvalue weighted by atomic mass is 9.97. The molecular formula is C18H24N2O3. The lowest BCUT2D eigenvalue weighted by molar-refractivity contribution is 0.0526. The molecule has 1 aliphatic rings. The number of amides is 2. The van der Waals surface area contributed by atoms with Crippen molar-refractivity contribution in [3.05, 3.63) is 41.5 Å². The molecule has 2 amide bonds. The number of hydrogen-bond acceptors (Lipinski definition) is 3. The molecule has 0 saturated heterocycles. The zero-order valence-electron chi connectivity index (χ0n) is 13.6. The fourth-order valence-electron chi connectivity index (χ4n) is 2.55. The minimum atomic E-state index is -0.357. The first-order valence-corrected chi connectivity index (χ1v) is 8.19. The van der Waals surface area contributed by atoms with E-state index < -0.39 is 0 Å². The number of hydrogen-bond donors (Lipinski definition) is 2. The van der Waals surface area contributed by atoms with Gasteiger partial charge in [-0.1, -0.05) is 11.6 Å². The topological polar surface area (TPSA) is 67.4 Å². The zero-order valence-corrected chi connectivity index (χ0v) is 13.6. The first kappa shape index (κ1) is 17.1. The smallest absolute Gasteiger partial charge is 0.338 e. The first-order chi connectivity index (χ1) is 11.2. The fourth-order valence-corrected chi connectivity index (χ4v) is 2.55. The molecule has 0 bridgehead atoms. The van der Waals surface area contributed by atoms with Gasteiger partial charge < -0.3 is 15.4 Å². The Hall–Kier alpha value is -2.30. The third-order valence-electron chi connectivity index (χ3n) is 3.77. The van der Waals surface area contributed by atoms with Gasteiger partial charge in [-0.3, -0.25) is 0 Å². The average molecular weight is 316 g/mol. The maximum absolute atomic E-state index is 11.8. The number of ether oxygens (including phenoxy) is 1. The zero-order chi connectivity index (χ0) is 16.5. The average Bonchev–Trinajstić information content (AvgIpc) is 2.57. The van der Waals surface area contributed by atoms with Gasteiger partial charge in [-0.15, -0.1) is 0 Å². The molecule has 0 aliphatic heterocycles. The second-order valence-electron chi connectivity index (χ2n) is 5.54. The van der Waals surface area contributed by atoms with E-state index in [1.54, 1.807) is 31.2 Å². The lowest BCUT2D eigenvalue weighted by Crippen LogP contribution is -2.29. The van der Waals surface area contributed by atoms with Gasteiger partial charge in [0.1, 0.15) is 0 Å². The number of urea groups is 1. The first-order valence-electron chi connectivity index (χ1n) is 8.19. The Morgan fingerprint density at radius 2 is 1.96 bits per heavy atom. The minimum Gasteiger partial charge on any atom is -0.462 e. The van der Waals surface area contributed by atoms with Crippen LogP contribution in [0.1, 0.15) is 49.4 Å². The molecule has 2 N–H and O–H groups in total. The monoisotopic (exact) mass is 316 g/mol. The van der Waals surface area contributed by atoms with Crippen LogP contribution in [0.2, 0.25) is 0 Å². The molecule has 0 spiro atoms. The Morgan fingerprint density at radius 3 is 2.61 bits per heavy atom. The molecule has 0 unspecified atom stereocenters. The SMILES string of the molecule is CCOC(=O)c1ccc(NC(=O)NCCC2=CCCCC2)cc1. The highest BCUT2D eigenvalue weighted by molar-refractivity contribution is 5.92. The summed E-state index contributed by atoms with van der Waals surface area (Å²) in [7, 11) is 0. The van der Waals surface area contributed by atoms with Crippen molar-refractivity contribution in [2.75, 3.05) is 18.5 Å². The summed E-state index contributed by atoms with van der Waals surface area (Å²) in [5.41, 5.74) is 2.56. The molecule has 5 nitrogen and oxygen atoms in total. The number of rotatable bonds is 6. The molecule has 0 radical (unpaired) electrons. The second-order valence-corrected chi connectivity index (χ2v) is 5.54. The van der Waals surface area contributed by atoms with Gasteiger partial charge in [0.05, 0.1) is 12.2 Å². The quantitative estimate of drug-likeness (QED) is 0.618. The largest absolute Gasteiger partial charge is 0.462 e. The van der Waals surface area contributed by atoms with Crippen molar-refractivity contribution < 1.29 is 14.3 Å². The van der Waals surface area contributed by atoms with E-state index in [4.69, 9.17) is 4.74 Å². The predicted molar refractivity (Wildman–Crippen MR) is 90.6 cm³/mol. The molecule has 124 valence electrons. The van der Waals surface area contributed by atoms with Crippen molar-refractivity contribution in [3.63, 3.8) is 0 Å². The van der Waals surface area contributed by atoms with Crippen LogP contribution in [0.5, 0.6) is 0 Å². The van der Waals surface area contributed by atoms with Gasteiger partial charge in [0.2, 0.25) is 0 Å². The van der Waals surface area contributed by atoms with Gasteiger partial charge in [-0.2, -0.15) is 0 Å². The molecule has 1 aromatic rings. The highest BCUT2D eigenvalue weighted by atomic mass is 16.5. The second kappa shape index (κ2) is 8.98. The van der Waals surface area contributed by atoms with E-state index in [1.165, 1.54) is 18.4 Å². The molecule has 5 heteroatoms. The Kier molecular flexibility index (Phi) is 6.66. The Labute approximate surface area is 137 Å². The standard InChI is InChI=1S/C18H24N2O3/c1-2-23-17(21)15-8-10-16(11-9-15)20-18(22)19-13-12-14-6-4-3-5-7-14/h6,8-11H,2-5,7,12-13H2,1H3,(H2,19,20,22). The number of benzene rings is 1. The third-order valence-corrected chi connectivity index (χ3v) is 3.77. The van der Waals surface area contributed by atoms with Crippen molar-refractivity contribution in [3.8, 4) is 0 Å². The van der Waals surface area contributed by atoms with Crippen molar-refractivity contribution >= 4 is 17.7 Å². The summed E-state index contributed by atoms with van der Waals surface area (Å²) in [6.45, 7) is 2.75. The maximum Gasteiger partial charge on any atom is 0.338 e. The number of allylic oxidation sites excluding steroid dienone is 1. The summed E-state index contributed by atoms with van der Waals surface area (Å²) in [5.74, 6) is -0.357. The van der Waals surface area contributed by atoms with Crippen LogP contribution >= 0.6 is 0 Å². The fraction of sp³-hybridized carbons (Fsp3) is 0.444. The van der Waals surface area contributed by atoms with Gasteiger partial charge in [0.15, 0.2) is 0 Å². The number of anilines is 1. The van der Waals surface area contributed by atoms with Crippen molar-refractivity contribution in [2.45, 2.75) is 39.0 Å². The summed E-state index contributed by atoms with van der Waals surface area (Å²) in [6.07, 6.45) is 8.05. The number of carbonyl (C=O) groups excluding carboxylic acids is 2. The molecule has 1 aromatic carbocycles. The highest BCUT2D eigenvalue weighted by Crippen LogP contribution is 2.19. The Bertz CT molecular complexity index is 564. The van der Waals surface area contributed by atoms with E-state index in [0.29, 0.717) is 24.4 Å². The van der Waals surface area contributed by atoms with Gasteiger partial charge in [0.25, 0.3) is 0 Å². The lowest BCUT2D eigenvalue weighted by Gasteiger charge is -2.13. The number of carbonyl (C=O) groups is 2. The van der Waals surface area contributed by atoms with Crippen molar-refractivity contribution in [1.29, 1.82) is 0 Å². The van der Waals surface area contributed by atoms with Crippen LogP contribution in [0.25, 0.3) is 0 Å². The third kappa shape index (κ3) is 5.77. The molecular weight excluding hydrogens is 292 g/mol. The van der Waals surface area contributed by atoms with Crippen molar-refractivity contribution in [2.24, 2.45) is 0 Å². The van der Waals surface area contributed by atoms with Crippen LogP contribution < -0.4 is 10.6 Å². The van der Waals surface area contributed by atoms with E-state index in [2.05, 4.69) is 16.7 Å². The van der Waals surface area contributed by atoms with Gasteiger partial charge in [-0.25, -0.2) is 9.59 Å². The van der Waals surface area contributed by atoms with Crippen LogP contribution in [0.15, 0.2) is 35.9 Å². The van der Waals surface area contributed by atoms with Crippen LogP contribution in [-0.2, 0) is 4.74 Å². The van der Waals surface area contributed by atoms with Gasteiger partial charge >= 0.3 is 12.0 Å². The Balaban J connectivity index is 1.74. The van der Waals surface area contributed by atoms with E-state index in [1.807, 2.05) is 0 Å². The molecule has 0 aromatic heterocycles. The van der Waals surface area contributed by atoms with E-state index in [9.17, 15) is 9.59 Å². The van der Waals surface area contributed by atoms with E-state index in [0.717, 1.165) is 19.3 Å². The van der Waals surface area contributed by atoms with E-state index >= 15 is 0 Å². The summed E-state index contributed by atoms with van der Waals surface area (Å²) in [4.78, 5) is 23.4. The Morgan fingerprint density at radius 1 is 1.17 bits per heavy atom. The highest BCUT2D eigenvalue weighted by Gasteiger charge is 2.07. The summed E-state index contributed by atoms with van der Waals surface area (Å²) < 4.78 is 4.92. The molecule has 1 aliphatic carbocycles. The van der Waals surface area contributed by atoms with Gasteiger partial charge in [0, 0.05) is 12.2 Å². The molecule has 0 fully saturated rings. The van der Waals surface area contributed by atoms with Crippen molar-refractivity contribution in [1.82, 2.24) is 5.32 Å². The molecule has 0 saturated carbocycles. The summed E-state index contributed by atoms with van der Waals surface area (Å²) in [5, 5.41) is 5.61. The molecule has 0 heterocycles. The minimum absolute atomic E-state index is 0.231. The summed E-state index contributed by atoms with van der Waals surface area (Å²) in [6, 6.07) is 6.43. The van der Waals surface area contributed by atoms with Crippen LogP contribution in [0, 0.1) is 0 Å². The summed E-state index contributed by atoms with van der Waals surface area (Å²) >= 11 is 0. The molecule has 2 rings (SSSR count). The molecule has 0 atom stereocenters. The molecule has 23 heavy (non-hydrogen) atoms.